The van der Waals surface area contributed by atoms with Gasteiger partial charge in [-0.05, 0) is 44.1 Å². The molecule has 3 N–H and O–H groups in total. The lowest BCUT2D eigenvalue weighted by molar-refractivity contribution is -0.122. The van der Waals surface area contributed by atoms with Gasteiger partial charge in [0.05, 0.1) is 0 Å². The van der Waals surface area contributed by atoms with E-state index in [0.717, 1.165) is 18.8 Å². The topological polar surface area (TPSA) is 55.1 Å². The Labute approximate surface area is 119 Å². The van der Waals surface area contributed by atoms with Gasteiger partial charge in [-0.2, -0.15) is 0 Å². The lowest BCUT2D eigenvalue weighted by Crippen LogP contribution is -2.35. The summed E-state index contributed by atoms with van der Waals surface area (Å²) in [6.45, 7) is 11.5. The fraction of sp³-hybridized carbons (Fsp3) is 0.938. The lowest BCUT2D eigenvalue weighted by atomic mass is 9.94. The van der Waals surface area contributed by atoms with Crippen LogP contribution in [0, 0.1) is 17.8 Å². The molecule has 2 unspecified atom stereocenters. The molecule has 114 valence electrons. The van der Waals surface area contributed by atoms with Crippen LogP contribution in [0.3, 0.4) is 0 Å². The van der Waals surface area contributed by atoms with E-state index in [1.807, 2.05) is 0 Å². The summed E-state index contributed by atoms with van der Waals surface area (Å²) in [5.41, 5.74) is 5.73. The van der Waals surface area contributed by atoms with Gasteiger partial charge in [-0.15, -0.1) is 0 Å². The number of amides is 1. The predicted octanol–water partition coefficient (Wildman–Crippen LogP) is 3.33. The van der Waals surface area contributed by atoms with Gasteiger partial charge < -0.3 is 11.1 Å². The maximum absolute atomic E-state index is 11.9. The van der Waals surface area contributed by atoms with E-state index >= 15 is 0 Å². The minimum absolute atomic E-state index is 0.160. The van der Waals surface area contributed by atoms with Crippen molar-refractivity contribution in [2.24, 2.45) is 23.5 Å². The Morgan fingerprint density at radius 2 is 1.68 bits per heavy atom. The van der Waals surface area contributed by atoms with Crippen molar-refractivity contribution in [1.29, 1.82) is 0 Å². The zero-order chi connectivity index (χ0) is 14.8. The molecule has 0 aliphatic rings. The third-order valence-electron chi connectivity index (χ3n) is 3.44. The number of nitrogens with two attached hydrogens (primary N) is 1. The van der Waals surface area contributed by atoms with Gasteiger partial charge in [0.2, 0.25) is 5.91 Å². The molecule has 1 amide bonds. The van der Waals surface area contributed by atoms with Crippen molar-refractivity contribution in [1.82, 2.24) is 5.32 Å². The Morgan fingerprint density at radius 1 is 1.05 bits per heavy atom. The average molecular weight is 270 g/mol. The van der Waals surface area contributed by atoms with Gasteiger partial charge in [-0.3, -0.25) is 4.79 Å². The number of carbonyl (C=O) groups is 1. The Kier molecular flexibility index (Phi) is 9.94. The summed E-state index contributed by atoms with van der Waals surface area (Å²) in [7, 11) is 0. The lowest BCUT2D eigenvalue weighted by Gasteiger charge is -2.19. The molecule has 3 heteroatoms. The molecule has 19 heavy (non-hydrogen) atoms. The molecule has 0 aromatic rings. The molecule has 0 aromatic carbocycles. The van der Waals surface area contributed by atoms with Crippen molar-refractivity contribution < 1.29 is 4.79 Å². The Morgan fingerprint density at radius 3 is 2.16 bits per heavy atom. The van der Waals surface area contributed by atoms with Crippen LogP contribution >= 0.6 is 0 Å². The largest absolute Gasteiger partial charge is 0.354 e. The molecule has 0 rings (SSSR count). The van der Waals surface area contributed by atoms with Gasteiger partial charge in [0.1, 0.15) is 0 Å². The smallest absolute Gasteiger partial charge is 0.220 e. The van der Waals surface area contributed by atoms with Gasteiger partial charge in [0, 0.05) is 12.5 Å². The van der Waals surface area contributed by atoms with E-state index in [4.69, 9.17) is 5.73 Å². The molecule has 0 saturated carbocycles. The van der Waals surface area contributed by atoms with Crippen molar-refractivity contribution in [2.45, 2.75) is 72.8 Å². The van der Waals surface area contributed by atoms with Gasteiger partial charge in [0.15, 0.2) is 0 Å². The molecular weight excluding hydrogens is 236 g/mol. The van der Waals surface area contributed by atoms with Crippen LogP contribution in [0.5, 0.6) is 0 Å². The molecule has 0 fully saturated rings. The summed E-state index contributed by atoms with van der Waals surface area (Å²) in [5.74, 6) is 1.83. The van der Waals surface area contributed by atoms with Crippen LogP contribution in [-0.4, -0.2) is 18.5 Å². The fourth-order valence-electron chi connectivity index (χ4n) is 2.43. The van der Waals surface area contributed by atoms with Crippen LogP contribution in [-0.2, 0) is 4.79 Å². The van der Waals surface area contributed by atoms with Crippen molar-refractivity contribution in [3.8, 4) is 0 Å². The molecule has 0 aliphatic heterocycles. The van der Waals surface area contributed by atoms with Crippen molar-refractivity contribution in [3.05, 3.63) is 0 Å². The first-order valence-electron chi connectivity index (χ1n) is 7.84. The number of hydrogen-bond acceptors (Lipinski definition) is 2. The predicted molar refractivity (Wildman–Crippen MR) is 82.9 cm³/mol. The fourth-order valence-corrected chi connectivity index (χ4v) is 2.43. The monoisotopic (exact) mass is 270 g/mol. The van der Waals surface area contributed by atoms with Crippen LogP contribution in [0.1, 0.15) is 66.7 Å². The van der Waals surface area contributed by atoms with E-state index in [0.29, 0.717) is 24.8 Å². The van der Waals surface area contributed by atoms with Gasteiger partial charge >= 0.3 is 0 Å². The maximum atomic E-state index is 11.9. The second kappa shape index (κ2) is 10.2. The number of hydrogen-bond donors (Lipinski definition) is 2. The Hall–Kier alpha value is -0.570. The number of rotatable bonds is 10. The summed E-state index contributed by atoms with van der Waals surface area (Å²) in [4.78, 5) is 11.9. The minimum Gasteiger partial charge on any atom is -0.354 e. The summed E-state index contributed by atoms with van der Waals surface area (Å²) in [5, 5.41) is 3.10. The van der Waals surface area contributed by atoms with Crippen LogP contribution in [0.2, 0.25) is 0 Å². The highest BCUT2D eigenvalue weighted by Gasteiger charge is 2.15. The van der Waals surface area contributed by atoms with E-state index in [1.54, 1.807) is 0 Å². The second-order valence-corrected chi connectivity index (χ2v) is 6.73. The normalized spacial score (nSPS) is 14.7. The highest BCUT2D eigenvalue weighted by Crippen LogP contribution is 2.14. The Balaban J connectivity index is 3.88. The molecule has 3 nitrogen and oxygen atoms in total. The average Bonchev–Trinajstić information content (AvgIpc) is 2.26. The third kappa shape index (κ3) is 11.0. The first-order valence-corrected chi connectivity index (χ1v) is 7.84. The van der Waals surface area contributed by atoms with Crippen LogP contribution < -0.4 is 11.1 Å². The highest BCUT2D eigenvalue weighted by molar-refractivity contribution is 5.76. The van der Waals surface area contributed by atoms with Crippen molar-refractivity contribution in [3.63, 3.8) is 0 Å². The quantitative estimate of drug-likeness (QED) is 0.640. The first-order chi connectivity index (χ1) is 8.85. The minimum atomic E-state index is 0.160. The Bertz CT molecular complexity index is 239. The molecule has 0 aromatic heterocycles. The van der Waals surface area contributed by atoms with Crippen molar-refractivity contribution >= 4 is 5.91 Å². The summed E-state index contributed by atoms with van der Waals surface area (Å²) >= 11 is 0. The highest BCUT2D eigenvalue weighted by atomic mass is 16.1. The van der Waals surface area contributed by atoms with Gasteiger partial charge in [-0.1, -0.05) is 40.5 Å². The number of carbonyl (C=O) groups excluding carboxylic acids is 1. The zero-order valence-electron chi connectivity index (χ0n) is 13.5. The molecule has 0 aliphatic carbocycles. The first kappa shape index (κ1) is 18.4. The van der Waals surface area contributed by atoms with E-state index < -0.39 is 0 Å². The van der Waals surface area contributed by atoms with E-state index in [9.17, 15) is 4.79 Å². The molecule has 0 heterocycles. The molecule has 0 bridgehead atoms. The SMILES string of the molecule is CC(C)CCCC(C)NC(=O)CC(CN)CC(C)C. The van der Waals surface area contributed by atoms with Crippen LogP contribution in [0.4, 0.5) is 0 Å². The maximum Gasteiger partial charge on any atom is 0.220 e. The van der Waals surface area contributed by atoms with E-state index in [2.05, 4.69) is 39.9 Å². The third-order valence-corrected chi connectivity index (χ3v) is 3.44. The van der Waals surface area contributed by atoms with E-state index in [1.165, 1.54) is 12.8 Å². The van der Waals surface area contributed by atoms with Gasteiger partial charge in [-0.25, -0.2) is 0 Å². The molecule has 0 spiro atoms. The number of nitrogens with one attached hydrogen (secondary N) is 1. The summed E-state index contributed by atoms with van der Waals surface area (Å²) < 4.78 is 0. The summed E-state index contributed by atoms with van der Waals surface area (Å²) in [6.07, 6.45) is 5.10. The molecule has 0 radical (unpaired) electrons. The second-order valence-electron chi connectivity index (χ2n) is 6.73. The van der Waals surface area contributed by atoms with Gasteiger partial charge in [0.25, 0.3) is 0 Å². The molecular formula is C16H34N2O. The zero-order valence-corrected chi connectivity index (χ0v) is 13.5. The standard InChI is InChI=1S/C16H34N2O/c1-12(2)7-6-8-14(5)18-16(19)10-15(11-17)9-13(3)4/h12-15H,6-11,17H2,1-5H3,(H,18,19). The molecule has 2 atom stereocenters. The molecule has 0 saturated heterocycles. The van der Waals surface area contributed by atoms with Crippen LogP contribution in [0.15, 0.2) is 0 Å². The summed E-state index contributed by atoms with van der Waals surface area (Å²) in [6, 6.07) is 0.281. The van der Waals surface area contributed by atoms with E-state index in [-0.39, 0.29) is 11.9 Å². The van der Waals surface area contributed by atoms with Crippen molar-refractivity contribution in [2.75, 3.05) is 6.54 Å². The van der Waals surface area contributed by atoms with Crippen LogP contribution in [0.25, 0.3) is 0 Å².